The maximum atomic E-state index is 12.6. The van der Waals surface area contributed by atoms with Gasteiger partial charge in [0.1, 0.15) is 4.21 Å². The SMILES string of the molecule is COCCNC(=O)C(=O)NC[C@H]1CCCN1S(=O)(=O)c1cccs1. The van der Waals surface area contributed by atoms with Crippen molar-refractivity contribution >= 4 is 33.2 Å². The number of amides is 2. The molecular formula is C14H21N3O5S2. The predicted molar refractivity (Wildman–Crippen MR) is 89.1 cm³/mol. The van der Waals surface area contributed by atoms with Gasteiger partial charge in [0, 0.05) is 32.8 Å². The van der Waals surface area contributed by atoms with Crippen molar-refractivity contribution in [3.63, 3.8) is 0 Å². The lowest BCUT2D eigenvalue weighted by atomic mass is 10.2. The van der Waals surface area contributed by atoms with Crippen LogP contribution in [0.25, 0.3) is 0 Å². The van der Waals surface area contributed by atoms with Crippen molar-refractivity contribution in [1.29, 1.82) is 0 Å². The third-order valence-corrected chi connectivity index (χ3v) is 7.00. The molecule has 0 aliphatic carbocycles. The fourth-order valence-corrected chi connectivity index (χ4v) is 5.31. The van der Waals surface area contributed by atoms with Gasteiger partial charge in [-0.3, -0.25) is 9.59 Å². The minimum absolute atomic E-state index is 0.112. The van der Waals surface area contributed by atoms with Crippen LogP contribution < -0.4 is 10.6 Å². The van der Waals surface area contributed by atoms with Gasteiger partial charge in [0.15, 0.2) is 0 Å². The van der Waals surface area contributed by atoms with E-state index in [0.717, 1.165) is 6.42 Å². The molecule has 0 radical (unpaired) electrons. The summed E-state index contributed by atoms with van der Waals surface area (Å²) in [5.41, 5.74) is 0. The minimum Gasteiger partial charge on any atom is -0.383 e. The Morgan fingerprint density at radius 3 is 2.79 bits per heavy atom. The molecule has 1 fully saturated rings. The molecule has 134 valence electrons. The van der Waals surface area contributed by atoms with Gasteiger partial charge >= 0.3 is 11.8 Å². The van der Waals surface area contributed by atoms with Gasteiger partial charge in [-0.1, -0.05) is 6.07 Å². The van der Waals surface area contributed by atoms with Gasteiger partial charge in [0.25, 0.3) is 10.0 Å². The standard InChI is InChI=1S/C14H21N3O5S2/c1-22-8-6-15-13(18)14(19)16-10-11-4-2-7-17(11)24(20,21)12-5-3-9-23-12/h3,5,9,11H,2,4,6-8,10H2,1H3,(H,15,18)(H,16,19)/t11-/m1/s1. The Hall–Kier alpha value is -1.49. The fraction of sp³-hybridized carbons (Fsp3) is 0.571. The van der Waals surface area contributed by atoms with E-state index in [1.165, 1.54) is 22.8 Å². The van der Waals surface area contributed by atoms with E-state index in [1.54, 1.807) is 17.5 Å². The molecule has 1 aromatic heterocycles. The van der Waals surface area contributed by atoms with Crippen LogP contribution in [-0.4, -0.2) is 63.9 Å². The van der Waals surface area contributed by atoms with E-state index in [1.807, 2.05) is 0 Å². The Morgan fingerprint density at radius 2 is 2.12 bits per heavy atom. The average Bonchev–Trinajstić information content (AvgIpc) is 3.24. The van der Waals surface area contributed by atoms with Gasteiger partial charge in [-0.05, 0) is 24.3 Å². The summed E-state index contributed by atoms with van der Waals surface area (Å²) in [5.74, 6) is -1.52. The van der Waals surface area contributed by atoms with Gasteiger partial charge in [-0.2, -0.15) is 4.31 Å². The van der Waals surface area contributed by atoms with Crippen molar-refractivity contribution in [2.24, 2.45) is 0 Å². The summed E-state index contributed by atoms with van der Waals surface area (Å²) in [5, 5.41) is 6.63. The van der Waals surface area contributed by atoms with Gasteiger partial charge in [-0.25, -0.2) is 8.42 Å². The fourth-order valence-electron chi connectivity index (χ4n) is 2.49. The zero-order valence-corrected chi connectivity index (χ0v) is 15.0. The number of hydrogen-bond donors (Lipinski definition) is 2. The maximum absolute atomic E-state index is 12.6. The molecule has 2 amide bonds. The number of carbonyl (C=O) groups excluding carboxylic acids is 2. The number of methoxy groups -OCH3 is 1. The number of nitrogens with zero attached hydrogens (tertiary/aromatic N) is 1. The van der Waals surface area contributed by atoms with E-state index >= 15 is 0 Å². The molecule has 0 saturated carbocycles. The number of sulfonamides is 1. The second kappa shape index (κ2) is 8.56. The zero-order chi connectivity index (χ0) is 17.6. The Labute approximate surface area is 145 Å². The third kappa shape index (κ3) is 4.53. The van der Waals surface area contributed by atoms with Crippen LogP contribution in [0.1, 0.15) is 12.8 Å². The lowest BCUT2D eigenvalue weighted by Gasteiger charge is -2.23. The molecule has 1 aromatic rings. The van der Waals surface area contributed by atoms with Crippen LogP contribution in [0.3, 0.4) is 0 Å². The van der Waals surface area contributed by atoms with E-state index < -0.39 is 21.8 Å². The first-order valence-electron chi connectivity index (χ1n) is 7.57. The Morgan fingerprint density at radius 1 is 1.38 bits per heavy atom. The van der Waals surface area contributed by atoms with Crippen molar-refractivity contribution in [2.45, 2.75) is 23.1 Å². The Kier molecular flexibility index (Phi) is 6.72. The van der Waals surface area contributed by atoms with Crippen LogP contribution in [-0.2, 0) is 24.3 Å². The first-order chi connectivity index (χ1) is 11.5. The molecule has 1 atom stereocenters. The van der Waals surface area contributed by atoms with Crippen LogP contribution >= 0.6 is 11.3 Å². The topological polar surface area (TPSA) is 105 Å². The molecule has 0 bridgehead atoms. The quantitative estimate of drug-likeness (QED) is 0.506. The lowest BCUT2D eigenvalue weighted by Crippen LogP contribution is -2.47. The zero-order valence-electron chi connectivity index (χ0n) is 13.4. The summed E-state index contributed by atoms with van der Waals surface area (Å²) in [6.07, 6.45) is 1.38. The summed E-state index contributed by atoms with van der Waals surface area (Å²) in [6.45, 7) is 1.08. The van der Waals surface area contributed by atoms with Crippen LogP contribution in [0, 0.1) is 0 Å². The highest BCUT2D eigenvalue weighted by Crippen LogP contribution is 2.28. The molecular weight excluding hydrogens is 354 g/mol. The molecule has 0 spiro atoms. The molecule has 2 rings (SSSR count). The molecule has 0 aromatic carbocycles. The van der Waals surface area contributed by atoms with Gasteiger partial charge < -0.3 is 15.4 Å². The van der Waals surface area contributed by atoms with Gasteiger partial charge in [-0.15, -0.1) is 11.3 Å². The summed E-state index contributed by atoms with van der Waals surface area (Å²) in [6, 6.07) is 2.92. The molecule has 0 unspecified atom stereocenters. The van der Waals surface area contributed by atoms with Crippen molar-refractivity contribution in [3.8, 4) is 0 Å². The van der Waals surface area contributed by atoms with Crippen molar-refractivity contribution in [2.75, 3.05) is 33.4 Å². The highest BCUT2D eigenvalue weighted by atomic mass is 32.2. The van der Waals surface area contributed by atoms with Gasteiger partial charge in [0.2, 0.25) is 0 Å². The average molecular weight is 375 g/mol. The first-order valence-corrected chi connectivity index (χ1v) is 9.89. The number of hydrogen-bond acceptors (Lipinski definition) is 6. The first kappa shape index (κ1) is 18.8. The highest BCUT2D eigenvalue weighted by Gasteiger charge is 2.36. The summed E-state index contributed by atoms with van der Waals surface area (Å²) in [7, 11) is -2.05. The monoisotopic (exact) mass is 375 g/mol. The van der Waals surface area contributed by atoms with Crippen molar-refractivity contribution in [3.05, 3.63) is 17.5 Å². The molecule has 24 heavy (non-hydrogen) atoms. The summed E-state index contributed by atoms with van der Waals surface area (Å²) < 4.78 is 31.7. The molecule has 8 nitrogen and oxygen atoms in total. The number of thiophene rings is 1. The van der Waals surface area contributed by atoms with E-state index in [9.17, 15) is 18.0 Å². The third-order valence-electron chi connectivity index (χ3n) is 3.68. The number of carbonyl (C=O) groups is 2. The van der Waals surface area contributed by atoms with E-state index in [-0.39, 0.29) is 23.3 Å². The minimum atomic E-state index is -3.55. The Balaban J connectivity index is 1.90. The molecule has 10 heteroatoms. The van der Waals surface area contributed by atoms with Crippen LogP contribution in [0.2, 0.25) is 0 Å². The van der Waals surface area contributed by atoms with Crippen molar-refractivity contribution < 1.29 is 22.7 Å². The second-order valence-electron chi connectivity index (χ2n) is 5.30. The highest BCUT2D eigenvalue weighted by molar-refractivity contribution is 7.91. The lowest BCUT2D eigenvalue weighted by molar-refractivity contribution is -0.139. The van der Waals surface area contributed by atoms with Crippen LogP contribution in [0.5, 0.6) is 0 Å². The molecule has 1 saturated heterocycles. The molecule has 1 aliphatic rings. The smallest absolute Gasteiger partial charge is 0.309 e. The number of nitrogens with one attached hydrogen (secondary N) is 2. The molecule has 2 N–H and O–H groups in total. The second-order valence-corrected chi connectivity index (χ2v) is 8.37. The van der Waals surface area contributed by atoms with Crippen molar-refractivity contribution in [1.82, 2.24) is 14.9 Å². The maximum Gasteiger partial charge on any atom is 0.309 e. The molecule has 1 aliphatic heterocycles. The number of rotatable bonds is 7. The Bertz CT molecular complexity index is 660. The largest absolute Gasteiger partial charge is 0.383 e. The summed E-state index contributed by atoms with van der Waals surface area (Å²) >= 11 is 1.17. The molecule has 2 heterocycles. The van der Waals surface area contributed by atoms with E-state index in [2.05, 4.69) is 10.6 Å². The van der Waals surface area contributed by atoms with Crippen LogP contribution in [0.15, 0.2) is 21.7 Å². The predicted octanol–water partition coefficient (Wildman–Crippen LogP) is -0.220. The normalized spacial score (nSPS) is 18.5. The summed E-state index contributed by atoms with van der Waals surface area (Å²) in [4.78, 5) is 23.3. The van der Waals surface area contributed by atoms with E-state index in [4.69, 9.17) is 4.74 Å². The van der Waals surface area contributed by atoms with Gasteiger partial charge in [0.05, 0.1) is 6.61 Å². The number of ether oxygens (including phenoxy) is 1. The van der Waals surface area contributed by atoms with E-state index in [0.29, 0.717) is 19.6 Å². The van der Waals surface area contributed by atoms with Crippen LogP contribution in [0.4, 0.5) is 0 Å².